The van der Waals surface area contributed by atoms with Crippen molar-refractivity contribution in [3.8, 4) is 5.69 Å². The zero-order valence-electron chi connectivity index (χ0n) is 14.6. The molecule has 3 heterocycles. The Morgan fingerprint density at radius 3 is 2.46 bits per heavy atom. The number of halogens is 3. The van der Waals surface area contributed by atoms with E-state index in [1.165, 1.54) is 16.9 Å². The Bertz CT molecular complexity index is 1260. The average Bonchev–Trinajstić information content (AvgIpc) is 3.04. The second-order valence-electron chi connectivity index (χ2n) is 5.99. The summed E-state index contributed by atoms with van der Waals surface area (Å²) in [5.74, 6) is 0.581. The highest BCUT2D eigenvalue weighted by Crippen LogP contribution is 2.35. The molecule has 0 amide bonds. The number of tetrazole rings is 1. The lowest BCUT2D eigenvalue weighted by Gasteiger charge is -2.19. The third-order valence-electron chi connectivity index (χ3n) is 4.18. The van der Waals surface area contributed by atoms with Gasteiger partial charge in [-0.05, 0) is 29.5 Å². The maximum absolute atomic E-state index is 12.9. The minimum absolute atomic E-state index is 0.261. The molecule has 11 heteroatoms. The molecule has 4 rings (SSSR count). The molecule has 28 heavy (non-hydrogen) atoms. The standard InChI is InChI=1S/C17H12Cl3N7O/c1-8-6-12(28)13-15(27(8)14-9(18)4-3-5-10(14)19)11(20)7-21-16(13)22-17-23-24-25-26(17)2/h3-7H,1-2H3,(H,21,22,23,25). The largest absolute Gasteiger partial charge is 0.309 e. The molecule has 0 aliphatic carbocycles. The molecule has 0 saturated carbocycles. The Labute approximate surface area is 173 Å². The lowest BCUT2D eigenvalue weighted by atomic mass is 10.1. The van der Waals surface area contributed by atoms with Crippen molar-refractivity contribution in [3.05, 3.63) is 61.4 Å². The molecule has 1 N–H and O–H groups in total. The second kappa shape index (κ2) is 7.05. The van der Waals surface area contributed by atoms with Gasteiger partial charge in [0.25, 0.3) is 0 Å². The number of nitrogens with zero attached hydrogens (tertiary/aromatic N) is 6. The molecule has 4 aromatic rings. The van der Waals surface area contributed by atoms with Crippen molar-refractivity contribution in [2.75, 3.05) is 5.32 Å². The van der Waals surface area contributed by atoms with Gasteiger partial charge in [0.2, 0.25) is 5.95 Å². The van der Waals surface area contributed by atoms with E-state index in [0.717, 1.165) is 0 Å². The molecule has 0 saturated heterocycles. The lowest BCUT2D eigenvalue weighted by molar-refractivity contribution is 0.715. The second-order valence-corrected chi connectivity index (χ2v) is 7.21. The van der Waals surface area contributed by atoms with E-state index in [4.69, 9.17) is 34.8 Å². The van der Waals surface area contributed by atoms with E-state index in [1.54, 1.807) is 36.7 Å². The predicted octanol–water partition coefficient (Wildman–Crippen LogP) is 3.92. The molecule has 3 aromatic heterocycles. The van der Waals surface area contributed by atoms with Crippen molar-refractivity contribution in [2.45, 2.75) is 6.92 Å². The highest BCUT2D eigenvalue weighted by Gasteiger charge is 2.20. The quantitative estimate of drug-likeness (QED) is 0.523. The number of rotatable bonds is 3. The van der Waals surface area contributed by atoms with Crippen LogP contribution in [0.4, 0.5) is 11.8 Å². The van der Waals surface area contributed by atoms with Gasteiger partial charge in [-0.3, -0.25) is 4.79 Å². The summed E-state index contributed by atoms with van der Waals surface area (Å²) in [6.07, 6.45) is 1.44. The van der Waals surface area contributed by atoms with Crippen LogP contribution in [0.25, 0.3) is 16.6 Å². The van der Waals surface area contributed by atoms with Crippen LogP contribution in [0.5, 0.6) is 0 Å². The topological polar surface area (TPSA) is 90.5 Å². The molecule has 142 valence electrons. The van der Waals surface area contributed by atoms with Crippen molar-refractivity contribution in [1.29, 1.82) is 0 Å². The van der Waals surface area contributed by atoms with Crippen LogP contribution in [0.2, 0.25) is 15.1 Å². The van der Waals surface area contributed by atoms with Crippen LogP contribution < -0.4 is 10.7 Å². The van der Waals surface area contributed by atoms with Crippen LogP contribution in [0.15, 0.2) is 35.3 Å². The number of pyridine rings is 2. The van der Waals surface area contributed by atoms with Gasteiger partial charge in [0.1, 0.15) is 5.82 Å². The summed E-state index contributed by atoms with van der Waals surface area (Å²) >= 11 is 19.3. The van der Waals surface area contributed by atoms with Crippen molar-refractivity contribution >= 4 is 57.5 Å². The first-order chi connectivity index (χ1) is 13.4. The Morgan fingerprint density at radius 2 is 1.82 bits per heavy atom. The smallest absolute Gasteiger partial charge is 0.248 e. The molecule has 8 nitrogen and oxygen atoms in total. The SMILES string of the molecule is Cc1cc(=O)c2c(Nc3nnnn3C)ncc(Cl)c2n1-c1c(Cl)cccc1Cl. The highest BCUT2D eigenvalue weighted by atomic mass is 35.5. The van der Waals surface area contributed by atoms with E-state index < -0.39 is 0 Å². The first-order valence-corrected chi connectivity index (χ1v) is 9.16. The van der Waals surface area contributed by atoms with Crippen LogP contribution in [0, 0.1) is 6.92 Å². The van der Waals surface area contributed by atoms with Crippen molar-refractivity contribution in [3.63, 3.8) is 0 Å². The number of nitrogens with one attached hydrogen (secondary N) is 1. The van der Waals surface area contributed by atoms with Gasteiger partial charge in [0.05, 0.1) is 37.9 Å². The minimum Gasteiger partial charge on any atom is -0.309 e. The lowest BCUT2D eigenvalue weighted by Crippen LogP contribution is -2.15. The zero-order chi connectivity index (χ0) is 20.0. The van der Waals surface area contributed by atoms with E-state index in [0.29, 0.717) is 32.9 Å². The number of anilines is 2. The molecule has 0 aliphatic rings. The van der Waals surface area contributed by atoms with Gasteiger partial charge < -0.3 is 9.88 Å². The number of hydrogen-bond donors (Lipinski definition) is 1. The minimum atomic E-state index is -0.264. The summed E-state index contributed by atoms with van der Waals surface area (Å²) in [5, 5.41) is 15.5. The maximum Gasteiger partial charge on any atom is 0.248 e. The molecule has 0 unspecified atom stereocenters. The zero-order valence-corrected chi connectivity index (χ0v) is 16.9. The van der Waals surface area contributed by atoms with Crippen LogP contribution in [0.1, 0.15) is 5.69 Å². The number of aromatic nitrogens is 6. The average molecular weight is 437 g/mol. The number of aryl methyl sites for hydroxylation is 2. The molecule has 1 aromatic carbocycles. The van der Waals surface area contributed by atoms with E-state index >= 15 is 0 Å². The van der Waals surface area contributed by atoms with Crippen molar-refractivity contribution in [1.82, 2.24) is 29.8 Å². The maximum atomic E-state index is 12.9. The summed E-state index contributed by atoms with van der Waals surface area (Å²) in [7, 11) is 1.66. The summed E-state index contributed by atoms with van der Waals surface area (Å²) in [5.41, 5.74) is 1.30. The van der Waals surface area contributed by atoms with E-state index in [-0.39, 0.29) is 21.7 Å². The first-order valence-electron chi connectivity index (χ1n) is 8.03. The molecule has 0 aliphatic heterocycles. The Morgan fingerprint density at radius 1 is 1.11 bits per heavy atom. The Hall–Kier alpha value is -2.68. The fourth-order valence-electron chi connectivity index (χ4n) is 2.96. The molecule has 0 atom stereocenters. The number of hydrogen-bond acceptors (Lipinski definition) is 6. The summed E-state index contributed by atoms with van der Waals surface area (Å²) < 4.78 is 3.16. The molecule has 0 spiro atoms. The number of benzene rings is 1. The number of fused-ring (bicyclic) bond motifs is 1. The van der Waals surface area contributed by atoms with E-state index in [9.17, 15) is 4.79 Å². The number of para-hydroxylation sites is 1. The van der Waals surface area contributed by atoms with Gasteiger partial charge in [-0.25, -0.2) is 9.67 Å². The monoisotopic (exact) mass is 435 g/mol. The van der Waals surface area contributed by atoms with Crippen molar-refractivity contribution in [2.24, 2.45) is 7.05 Å². The molecule has 0 fully saturated rings. The Balaban J connectivity index is 2.09. The normalized spacial score (nSPS) is 11.2. The van der Waals surface area contributed by atoms with Gasteiger partial charge in [-0.2, -0.15) is 0 Å². The molecule has 0 radical (unpaired) electrons. The van der Waals surface area contributed by atoms with Gasteiger partial charge in [-0.15, -0.1) is 0 Å². The predicted molar refractivity (Wildman–Crippen MR) is 109 cm³/mol. The van der Waals surface area contributed by atoms with Gasteiger partial charge >= 0.3 is 0 Å². The van der Waals surface area contributed by atoms with E-state index in [2.05, 4.69) is 25.8 Å². The molecule has 0 bridgehead atoms. The van der Waals surface area contributed by atoms with Crippen molar-refractivity contribution < 1.29 is 0 Å². The highest BCUT2D eigenvalue weighted by molar-refractivity contribution is 6.38. The van der Waals surface area contributed by atoms with Crippen LogP contribution in [-0.2, 0) is 7.05 Å². The summed E-state index contributed by atoms with van der Waals surface area (Å²) in [4.78, 5) is 17.1. The fraction of sp³-hybridized carbons (Fsp3) is 0.118. The van der Waals surface area contributed by atoms with Gasteiger partial charge in [0, 0.05) is 18.8 Å². The molecular formula is C17H12Cl3N7O. The van der Waals surface area contributed by atoms with Gasteiger partial charge in [-0.1, -0.05) is 46.0 Å². The summed E-state index contributed by atoms with van der Waals surface area (Å²) in [6.45, 7) is 1.77. The Kier molecular flexibility index (Phi) is 4.70. The fourth-order valence-corrected chi connectivity index (χ4v) is 3.75. The third kappa shape index (κ3) is 2.99. The first kappa shape index (κ1) is 18.7. The van der Waals surface area contributed by atoms with Gasteiger partial charge in [0.15, 0.2) is 5.43 Å². The van der Waals surface area contributed by atoms with Crippen LogP contribution >= 0.6 is 34.8 Å². The molecular weight excluding hydrogens is 425 g/mol. The summed E-state index contributed by atoms with van der Waals surface area (Å²) in [6, 6.07) is 6.64. The van der Waals surface area contributed by atoms with Crippen LogP contribution in [0.3, 0.4) is 0 Å². The third-order valence-corrected chi connectivity index (χ3v) is 5.07. The van der Waals surface area contributed by atoms with E-state index in [1.807, 2.05) is 0 Å². The van der Waals surface area contributed by atoms with Crippen LogP contribution in [-0.4, -0.2) is 29.8 Å².